The van der Waals surface area contributed by atoms with Gasteiger partial charge in [-0.1, -0.05) is 60.7 Å². The molecule has 2 saturated heterocycles. The molecule has 0 spiro atoms. The monoisotopic (exact) mass is 447 g/mol. The highest BCUT2D eigenvalue weighted by atomic mass is 16.5. The third-order valence-corrected chi connectivity index (χ3v) is 6.70. The summed E-state index contributed by atoms with van der Waals surface area (Å²) in [6, 6.07) is 17.9. The lowest BCUT2D eigenvalue weighted by Crippen LogP contribution is -2.56. The number of ether oxygens (including phenoxy) is 1. The zero-order valence-corrected chi connectivity index (χ0v) is 19.3. The second kappa shape index (κ2) is 11.1. The molecule has 4 rings (SSSR count). The molecule has 2 fully saturated rings. The van der Waals surface area contributed by atoms with Crippen LogP contribution < -0.4 is 10.1 Å². The van der Waals surface area contributed by atoms with Crippen molar-refractivity contribution in [1.82, 2.24) is 15.1 Å². The Morgan fingerprint density at radius 1 is 1.06 bits per heavy atom. The van der Waals surface area contributed by atoms with Gasteiger partial charge in [-0.25, -0.2) is 0 Å². The van der Waals surface area contributed by atoms with E-state index in [0.717, 1.165) is 43.8 Å². The SMILES string of the molecule is COc1ccccc1/C=C/CN1CCNC(=O)[C@H]1CC(=O)N1CCC(c2ccccc2)CC1. The maximum atomic E-state index is 13.1. The summed E-state index contributed by atoms with van der Waals surface area (Å²) in [5.41, 5.74) is 2.35. The Morgan fingerprint density at radius 2 is 1.79 bits per heavy atom. The van der Waals surface area contributed by atoms with Gasteiger partial charge in [0.25, 0.3) is 0 Å². The van der Waals surface area contributed by atoms with E-state index in [1.807, 2.05) is 47.4 Å². The second-order valence-corrected chi connectivity index (χ2v) is 8.72. The van der Waals surface area contributed by atoms with E-state index in [4.69, 9.17) is 4.74 Å². The largest absolute Gasteiger partial charge is 0.496 e. The molecule has 2 aliphatic rings. The van der Waals surface area contributed by atoms with Crippen molar-refractivity contribution >= 4 is 17.9 Å². The van der Waals surface area contributed by atoms with Crippen molar-refractivity contribution in [3.8, 4) is 5.75 Å². The number of carbonyl (C=O) groups excluding carboxylic acids is 2. The molecule has 1 atom stereocenters. The first-order valence-electron chi connectivity index (χ1n) is 11.8. The first-order valence-corrected chi connectivity index (χ1v) is 11.8. The van der Waals surface area contributed by atoms with Gasteiger partial charge >= 0.3 is 0 Å². The van der Waals surface area contributed by atoms with Crippen molar-refractivity contribution in [1.29, 1.82) is 0 Å². The van der Waals surface area contributed by atoms with Crippen molar-refractivity contribution in [2.45, 2.75) is 31.2 Å². The molecular weight excluding hydrogens is 414 g/mol. The summed E-state index contributed by atoms with van der Waals surface area (Å²) in [6.45, 7) is 3.45. The highest BCUT2D eigenvalue weighted by molar-refractivity contribution is 5.89. The fourth-order valence-corrected chi connectivity index (χ4v) is 4.80. The number of carbonyl (C=O) groups is 2. The molecule has 174 valence electrons. The molecule has 6 nitrogen and oxygen atoms in total. The maximum Gasteiger partial charge on any atom is 0.237 e. The molecule has 2 aliphatic heterocycles. The van der Waals surface area contributed by atoms with Crippen LogP contribution in [0.4, 0.5) is 0 Å². The van der Waals surface area contributed by atoms with Gasteiger partial charge in [-0.05, 0) is 30.4 Å². The number of rotatable bonds is 7. The van der Waals surface area contributed by atoms with E-state index >= 15 is 0 Å². The molecule has 0 aliphatic carbocycles. The summed E-state index contributed by atoms with van der Waals surface area (Å²) in [5, 5.41) is 2.93. The van der Waals surface area contributed by atoms with Crippen LogP contribution in [0.25, 0.3) is 6.08 Å². The molecule has 2 amide bonds. The number of piperazine rings is 1. The smallest absolute Gasteiger partial charge is 0.237 e. The Bertz CT molecular complexity index is 968. The van der Waals surface area contributed by atoms with E-state index in [1.54, 1.807) is 7.11 Å². The van der Waals surface area contributed by atoms with E-state index in [-0.39, 0.29) is 18.2 Å². The fraction of sp³-hybridized carbons (Fsp3) is 0.407. The van der Waals surface area contributed by atoms with Crippen LogP contribution in [0.1, 0.15) is 36.3 Å². The van der Waals surface area contributed by atoms with Crippen LogP contribution in [-0.4, -0.2) is 67.5 Å². The molecule has 2 aromatic carbocycles. The number of nitrogens with one attached hydrogen (secondary N) is 1. The molecule has 0 bridgehead atoms. The lowest BCUT2D eigenvalue weighted by atomic mass is 9.89. The Morgan fingerprint density at radius 3 is 2.55 bits per heavy atom. The Labute approximate surface area is 196 Å². The van der Waals surface area contributed by atoms with Gasteiger partial charge in [0.2, 0.25) is 11.8 Å². The second-order valence-electron chi connectivity index (χ2n) is 8.72. The summed E-state index contributed by atoms with van der Waals surface area (Å²) in [6.07, 6.45) is 6.22. The minimum Gasteiger partial charge on any atom is -0.496 e. The molecule has 1 N–H and O–H groups in total. The molecule has 2 heterocycles. The Kier molecular flexibility index (Phi) is 7.79. The molecule has 6 heteroatoms. The Hall–Kier alpha value is -3.12. The van der Waals surface area contributed by atoms with Gasteiger partial charge in [0.15, 0.2) is 0 Å². The number of likely N-dealkylation sites (tertiary alicyclic amines) is 1. The summed E-state index contributed by atoms with van der Waals surface area (Å²) in [5.74, 6) is 1.34. The van der Waals surface area contributed by atoms with Crippen molar-refractivity contribution in [3.05, 3.63) is 71.8 Å². The summed E-state index contributed by atoms with van der Waals surface area (Å²) < 4.78 is 5.40. The third kappa shape index (κ3) is 5.82. The number of hydrogen-bond acceptors (Lipinski definition) is 4. The molecular formula is C27H33N3O3. The van der Waals surface area contributed by atoms with Crippen molar-refractivity contribution < 1.29 is 14.3 Å². The predicted molar refractivity (Wildman–Crippen MR) is 130 cm³/mol. The van der Waals surface area contributed by atoms with E-state index in [1.165, 1.54) is 5.56 Å². The van der Waals surface area contributed by atoms with Crippen molar-refractivity contribution in [3.63, 3.8) is 0 Å². The predicted octanol–water partition coefficient (Wildman–Crippen LogP) is 3.31. The topological polar surface area (TPSA) is 61.9 Å². The van der Waals surface area contributed by atoms with Crippen LogP contribution in [-0.2, 0) is 9.59 Å². The molecule has 0 radical (unpaired) electrons. The minimum absolute atomic E-state index is 0.0561. The number of amides is 2. The van der Waals surface area contributed by atoms with Crippen LogP contribution in [0.3, 0.4) is 0 Å². The highest BCUT2D eigenvalue weighted by Crippen LogP contribution is 2.28. The lowest BCUT2D eigenvalue weighted by Gasteiger charge is -2.37. The molecule has 0 aromatic heterocycles. The average molecular weight is 448 g/mol. The summed E-state index contributed by atoms with van der Waals surface area (Å²) >= 11 is 0. The first-order chi connectivity index (χ1) is 16.2. The normalized spacial score (nSPS) is 20.1. The number of hydrogen-bond donors (Lipinski definition) is 1. The van der Waals surface area contributed by atoms with Crippen LogP contribution in [0.2, 0.25) is 0 Å². The number of methoxy groups -OCH3 is 1. The van der Waals surface area contributed by atoms with Gasteiger partial charge in [-0.15, -0.1) is 0 Å². The molecule has 33 heavy (non-hydrogen) atoms. The van der Waals surface area contributed by atoms with E-state index in [2.05, 4.69) is 34.5 Å². The van der Waals surface area contributed by atoms with Gasteiger partial charge in [0.1, 0.15) is 5.75 Å². The first kappa shape index (κ1) is 23.1. The zero-order chi connectivity index (χ0) is 23.0. The third-order valence-electron chi connectivity index (χ3n) is 6.70. The van der Waals surface area contributed by atoms with Gasteiger partial charge in [-0.2, -0.15) is 0 Å². The number of nitrogens with zero attached hydrogens (tertiary/aromatic N) is 2. The highest BCUT2D eigenvalue weighted by Gasteiger charge is 2.33. The summed E-state index contributed by atoms with van der Waals surface area (Å²) in [7, 11) is 1.66. The van der Waals surface area contributed by atoms with Gasteiger partial charge < -0.3 is 15.0 Å². The molecule has 0 unspecified atom stereocenters. The van der Waals surface area contributed by atoms with E-state index < -0.39 is 6.04 Å². The minimum atomic E-state index is -0.430. The van der Waals surface area contributed by atoms with Crippen molar-refractivity contribution in [2.24, 2.45) is 0 Å². The van der Waals surface area contributed by atoms with Crippen LogP contribution in [0, 0.1) is 0 Å². The van der Waals surface area contributed by atoms with E-state index in [0.29, 0.717) is 19.0 Å². The maximum absolute atomic E-state index is 13.1. The van der Waals surface area contributed by atoms with Crippen LogP contribution >= 0.6 is 0 Å². The van der Waals surface area contributed by atoms with Crippen LogP contribution in [0.5, 0.6) is 5.75 Å². The number of benzene rings is 2. The number of para-hydroxylation sites is 1. The Balaban J connectivity index is 1.33. The standard InChI is InChI=1S/C27H33N3O3/c1-33-25-12-6-5-10-23(25)11-7-16-29-19-15-28-27(32)24(29)20-26(31)30-17-13-22(14-18-30)21-8-3-2-4-9-21/h2-12,22,24H,13-20H2,1H3,(H,28,32)/b11-7+/t24-/m1/s1. The number of piperidine rings is 1. The zero-order valence-electron chi connectivity index (χ0n) is 19.3. The fourth-order valence-electron chi connectivity index (χ4n) is 4.80. The van der Waals surface area contributed by atoms with Crippen molar-refractivity contribution in [2.75, 3.05) is 39.8 Å². The quantitative estimate of drug-likeness (QED) is 0.708. The van der Waals surface area contributed by atoms with Crippen LogP contribution in [0.15, 0.2) is 60.7 Å². The van der Waals surface area contributed by atoms with E-state index in [9.17, 15) is 9.59 Å². The molecule has 2 aromatic rings. The lowest BCUT2D eigenvalue weighted by molar-refractivity contribution is -0.139. The average Bonchev–Trinajstić information content (AvgIpc) is 2.87. The summed E-state index contributed by atoms with van der Waals surface area (Å²) in [4.78, 5) is 29.7. The van der Waals surface area contributed by atoms with Gasteiger partial charge in [0, 0.05) is 38.3 Å². The van der Waals surface area contributed by atoms with Gasteiger partial charge in [0.05, 0.1) is 19.6 Å². The molecule has 0 saturated carbocycles. The van der Waals surface area contributed by atoms with Gasteiger partial charge in [-0.3, -0.25) is 14.5 Å².